The molecule has 10 heteroatoms. The molecule has 3 aliphatic rings. The highest BCUT2D eigenvalue weighted by Crippen LogP contribution is 2.37. The average molecular weight is 596 g/mol. The Labute approximate surface area is 254 Å². The highest BCUT2D eigenvalue weighted by atomic mass is 32.2. The molecule has 0 radical (unpaired) electrons. The van der Waals surface area contributed by atoms with Crippen LogP contribution in [0.2, 0.25) is 0 Å². The number of hydrazone groups is 1. The summed E-state index contributed by atoms with van der Waals surface area (Å²) in [6.07, 6.45) is 6.94. The standard InChI is InChI=1S/C33H33N5O4S/c1-43-28-20-29(39)38(32(28)40)23-15-13-22(14-16-23)35-33(41)42-24-10-7-11-25-26(18-17-24)31(27-12-5-6-19-34-27)37-36-30(25)21-8-3-2-4-9-21/h2-6,8-9,12-16,19,24,26,28,36H,7,10-11,17-18,20H2,1H3,(H,35,41). The largest absolute Gasteiger partial charge is 0.446 e. The number of carbonyl (C=O) groups excluding carboxylic acids is 3. The summed E-state index contributed by atoms with van der Waals surface area (Å²) in [6, 6.07) is 22.8. The number of fused-ring (bicyclic) bond motifs is 1. The van der Waals surface area contributed by atoms with Crippen molar-refractivity contribution < 1.29 is 19.1 Å². The monoisotopic (exact) mass is 595 g/mol. The number of aromatic nitrogens is 1. The minimum Gasteiger partial charge on any atom is -0.446 e. The Kier molecular flexibility index (Phi) is 8.55. The molecule has 0 bridgehead atoms. The van der Waals surface area contributed by atoms with Crippen LogP contribution in [-0.4, -0.2) is 46.2 Å². The number of nitrogens with one attached hydrogen (secondary N) is 2. The molecule has 2 aromatic carbocycles. The van der Waals surface area contributed by atoms with Gasteiger partial charge < -0.3 is 4.74 Å². The topological polar surface area (TPSA) is 113 Å². The average Bonchev–Trinajstić information content (AvgIpc) is 3.32. The molecule has 220 valence electrons. The lowest BCUT2D eigenvalue weighted by Crippen LogP contribution is -2.32. The van der Waals surface area contributed by atoms with Crippen LogP contribution in [0.15, 0.2) is 89.7 Å². The van der Waals surface area contributed by atoms with Crippen molar-refractivity contribution in [3.8, 4) is 0 Å². The molecule has 3 amide bonds. The fraction of sp³-hybridized carbons (Fsp3) is 0.303. The van der Waals surface area contributed by atoms with Crippen molar-refractivity contribution in [2.24, 2.45) is 11.0 Å². The number of ether oxygens (including phenoxy) is 1. The predicted octanol–water partition coefficient (Wildman–Crippen LogP) is 5.99. The molecule has 6 rings (SSSR count). The molecule has 1 aromatic heterocycles. The molecule has 1 saturated carbocycles. The molecule has 3 heterocycles. The van der Waals surface area contributed by atoms with Crippen molar-refractivity contribution >= 4 is 52.5 Å². The van der Waals surface area contributed by atoms with Gasteiger partial charge in [-0.05, 0) is 85.9 Å². The van der Waals surface area contributed by atoms with Crippen molar-refractivity contribution in [1.82, 2.24) is 10.4 Å². The zero-order valence-electron chi connectivity index (χ0n) is 23.9. The number of anilines is 2. The van der Waals surface area contributed by atoms with Crippen molar-refractivity contribution in [3.63, 3.8) is 0 Å². The molecule has 2 fully saturated rings. The van der Waals surface area contributed by atoms with E-state index in [-0.39, 0.29) is 35.5 Å². The number of rotatable bonds is 6. The van der Waals surface area contributed by atoms with Crippen LogP contribution >= 0.6 is 11.8 Å². The third kappa shape index (κ3) is 6.19. The first-order chi connectivity index (χ1) is 21.0. The van der Waals surface area contributed by atoms with Crippen molar-refractivity contribution in [3.05, 3.63) is 95.8 Å². The summed E-state index contributed by atoms with van der Waals surface area (Å²) < 4.78 is 5.90. The van der Waals surface area contributed by atoms with Crippen LogP contribution in [-0.2, 0) is 14.3 Å². The summed E-state index contributed by atoms with van der Waals surface area (Å²) >= 11 is 1.38. The van der Waals surface area contributed by atoms with E-state index in [0.717, 1.165) is 48.3 Å². The van der Waals surface area contributed by atoms with Gasteiger partial charge >= 0.3 is 6.09 Å². The van der Waals surface area contributed by atoms with E-state index in [0.29, 0.717) is 17.8 Å². The number of hydrogen-bond donors (Lipinski definition) is 2. The number of imide groups is 1. The highest BCUT2D eigenvalue weighted by Gasteiger charge is 2.39. The Balaban J connectivity index is 1.13. The Morgan fingerprint density at radius 2 is 1.79 bits per heavy atom. The van der Waals surface area contributed by atoms with E-state index in [1.54, 1.807) is 30.5 Å². The van der Waals surface area contributed by atoms with Gasteiger partial charge in [0.25, 0.3) is 0 Å². The SMILES string of the molecule is CSC1CC(=O)N(c2ccc(NC(=O)OC3CCCC4=C(c5ccccc5)NN=C(c5ccccn5)C4CC3)cc2)C1=O. The maximum Gasteiger partial charge on any atom is 0.411 e. The van der Waals surface area contributed by atoms with Gasteiger partial charge in [0.15, 0.2) is 0 Å². The molecule has 3 unspecified atom stereocenters. The van der Waals surface area contributed by atoms with Crippen LogP contribution in [0, 0.1) is 5.92 Å². The summed E-state index contributed by atoms with van der Waals surface area (Å²) in [4.78, 5) is 43.6. The normalized spacial score (nSPS) is 22.2. The van der Waals surface area contributed by atoms with Crippen LogP contribution in [0.3, 0.4) is 0 Å². The smallest absolute Gasteiger partial charge is 0.411 e. The maximum absolute atomic E-state index is 12.9. The van der Waals surface area contributed by atoms with E-state index >= 15 is 0 Å². The number of amides is 3. The Morgan fingerprint density at radius 3 is 2.51 bits per heavy atom. The van der Waals surface area contributed by atoms with Crippen LogP contribution in [0.25, 0.3) is 5.70 Å². The van der Waals surface area contributed by atoms with Crippen LogP contribution in [0.4, 0.5) is 16.2 Å². The lowest BCUT2D eigenvalue weighted by Gasteiger charge is -2.33. The molecule has 1 aliphatic carbocycles. The summed E-state index contributed by atoms with van der Waals surface area (Å²) in [5.74, 6) is -0.372. The van der Waals surface area contributed by atoms with Gasteiger partial charge in [0.05, 0.1) is 28.0 Å². The second-order valence-corrected chi connectivity index (χ2v) is 11.8. The van der Waals surface area contributed by atoms with Gasteiger partial charge in [-0.15, -0.1) is 0 Å². The fourth-order valence-electron chi connectivity index (χ4n) is 6.01. The number of benzene rings is 2. The first kappa shape index (κ1) is 28.7. The number of carbonyl (C=O) groups is 3. The molecule has 2 N–H and O–H groups in total. The number of pyridine rings is 1. The predicted molar refractivity (Wildman–Crippen MR) is 169 cm³/mol. The van der Waals surface area contributed by atoms with Crippen LogP contribution < -0.4 is 15.6 Å². The van der Waals surface area contributed by atoms with E-state index in [9.17, 15) is 14.4 Å². The second kappa shape index (κ2) is 12.8. The minimum atomic E-state index is -0.529. The fourth-order valence-corrected chi connectivity index (χ4v) is 6.62. The maximum atomic E-state index is 12.9. The number of allylic oxidation sites excluding steroid dienone is 1. The molecule has 1 saturated heterocycles. The third-order valence-electron chi connectivity index (χ3n) is 8.13. The molecular formula is C33H33N5O4S. The molecule has 0 spiro atoms. The summed E-state index contributed by atoms with van der Waals surface area (Å²) in [5.41, 5.74) is 9.55. The van der Waals surface area contributed by atoms with Gasteiger partial charge in [-0.3, -0.25) is 25.3 Å². The lowest BCUT2D eigenvalue weighted by atomic mass is 9.79. The van der Waals surface area contributed by atoms with Gasteiger partial charge in [0.2, 0.25) is 11.8 Å². The van der Waals surface area contributed by atoms with Crippen LogP contribution in [0.1, 0.15) is 49.8 Å². The van der Waals surface area contributed by atoms with Crippen molar-refractivity contribution in [2.75, 3.05) is 16.5 Å². The van der Waals surface area contributed by atoms with E-state index in [2.05, 4.69) is 27.9 Å². The Morgan fingerprint density at radius 1 is 1.00 bits per heavy atom. The van der Waals surface area contributed by atoms with E-state index in [1.807, 2.05) is 42.7 Å². The molecular weight excluding hydrogens is 562 g/mol. The quantitative estimate of drug-likeness (QED) is 0.337. The summed E-state index contributed by atoms with van der Waals surface area (Å²) in [6.45, 7) is 0. The van der Waals surface area contributed by atoms with E-state index in [4.69, 9.17) is 9.84 Å². The van der Waals surface area contributed by atoms with E-state index in [1.165, 1.54) is 22.2 Å². The molecule has 9 nitrogen and oxygen atoms in total. The zero-order valence-corrected chi connectivity index (χ0v) is 24.7. The van der Waals surface area contributed by atoms with Gasteiger partial charge in [0, 0.05) is 24.2 Å². The van der Waals surface area contributed by atoms with E-state index < -0.39 is 6.09 Å². The summed E-state index contributed by atoms with van der Waals surface area (Å²) in [7, 11) is 0. The van der Waals surface area contributed by atoms with Gasteiger partial charge in [-0.1, -0.05) is 36.4 Å². The highest BCUT2D eigenvalue weighted by molar-refractivity contribution is 8.00. The van der Waals surface area contributed by atoms with Gasteiger partial charge in [0.1, 0.15) is 6.10 Å². The third-order valence-corrected chi connectivity index (χ3v) is 9.07. The summed E-state index contributed by atoms with van der Waals surface area (Å²) in [5, 5.41) is 7.24. The first-order valence-corrected chi connectivity index (χ1v) is 15.8. The first-order valence-electron chi connectivity index (χ1n) is 14.5. The molecule has 3 aromatic rings. The van der Waals surface area contributed by atoms with Crippen molar-refractivity contribution in [2.45, 2.75) is 49.9 Å². The zero-order chi connectivity index (χ0) is 29.8. The molecule has 43 heavy (non-hydrogen) atoms. The number of hydrogen-bond acceptors (Lipinski definition) is 8. The van der Waals surface area contributed by atoms with Gasteiger partial charge in [-0.2, -0.15) is 16.9 Å². The number of thioether (sulfide) groups is 1. The van der Waals surface area contributed by atoms with Crippen molar-refractivity contribution in [1.29, 1.82) is 0 Å². The minimum absolute atomic E-state index is 0.0510. The Bertz CT molecular complexity index is 1560. The van der Waals surface area contributed by atoms with Crippen LogP contribution in [0.5, 0.6) is 0 Å². The molecule has 3 atom stereocenters. The second-order valence-electron chi connectivity index (χ2n) is 10.8. The lowest BCUT2D eigenvalue weighted by molar-refractivity contribution is -0.121. The molecule has 2 aliphatic heterocycles. The number of nitrogens with zero attached hydrogens (tertiary/aromatic N) is 3. The Hall–Kier alpha value is -4.44. The van der Waals surface area contributed by atoms with Gasteiger partial charge in [-0.25, -0.2) is 9.69 Å².